The third-order valence-electron chi connectivity index (χ3n) is 5.16. The lowest BCUT2D eigenvalue weighted by Crippen LogP contribution is -2.35. The van der Waals surface area contributed by atoms with E-state index in [2.05, 4.69) is 20.5 Å². The van der Waals surface area contributed by atoms with Crippen molar-refractivity contribution in [3.63, 3.8) is 0 Å². The molecular weight excluding hydrogens is 446 g/mol. The number of nitrogens with one attached hydrogen (secondary N) is 2. The summed E-state index contributed by atoms with van der Waals surface area (Å²) in [5.74, 6) is 0.450. The molecule has 0 aliphatic carbocycles. The van der Waals surface area contributed by atoms with Crippen molar-refractivity contribution in [1.82, 2.24) is 20.1 Å². The predicted molar refractivity (Wildman–Crippen MR) is 123 cm³/mol. The van der Waals surface area contributed by atoms with Gasteiger partial charge in [-0.2, -0.15) is 5.10 Å². The second-order valence-corrected chi connectivity index (χ2v) is 9.23. The molecule has 4 heterocycles. The number of methoxy groups -OCH3 is 1. The highest BCUT2D eigenvalue weighted by atomic mass is 32.1. The van der Waals surface area contributed by atoms with Crippen LogP contribution in [-0.4, -0.2) is 45.6 Å². The molecule has 2 amide bonds. The van der Waals surface area contributed by atoms with Crippen LogP contribution in [0, 0.1) is 0 Å². The van der Waals surface area contributed by atoms with Gasteiger partial charge in [-0.05, 0) is 29.6 Å². The fraction of sp³-hybridized carbons (Fsp3) is 0.182. The largest absolute Gasteiger partial charge is 0.497 e. The van der Waals surface area contributed by atoms with E-state index in [9.17, 15) is 9.59 Å². The second-order valence-electron chi connectivity index (χ2n) is 7.20. The van der Waals surface area contributed by atoms with Crippen LogP contribution in [0.4, 0.5) is 5.13 Å². The van der Waals surface area contributed by atoms with Crippen molar-refractivity contribution in [3.8, 4) is 17.0 Å². The zero-order valence-electron chi connectivity index (χ0n) is 17.1. The predicted octanol–water partition coefficient (Wildman–Crippen LogP) is 4.05. The maximum Gasteiger partial charge on any atom is 0.272 e. The van der Waals surface area contributed by atoms with Crippen LogP contribution in [-0.2, 0) is 13.0 Å². The Hall–Kier alpha value is -3.50. The highest BCUT2D eigenvalue weighted by molar-refractivity contribution is 7.16. The summed E-state index contributed by atoms with van der Waals surface area (Å²) >= 11 is 2.80. The summed E-state index contributed by atoms with van der Waals surface area (Å²) in [6, 6.07) is 12.9. The molecule has 0 saturated carbocycles. The maximum atomic E-state index is 13.1. The van der Waals surface area contributed by atoms with Gasteiger partial charge in [-0.15, -0.1) is 11.3 Å². The molecule has 4 aromatic rings. The number of hydrogen-bond acceptors (Lipinski definition) is 7. The average molecular weight is 466 g/mol. The van der Waals surface area contributed by atoms with Crippen LogP contribution in [0.1, 0.15) is 30.7 Å². The van der Waals surface area contributed by atoms with Crippen molar-refractivity contribution in [2.75, 3.05) is 19.0 Å². The van der Waals surface area contributed by atoms with Crippen LogP contribution in [0.25, 0.3) is 11.3 Å². The number of H-pyrrole nitrogens is 1. The molecule has 0 fully saturated rings. The topological polar surface area (TPSA) is 100 Å². The molecule has 1 aliphatic rings. The Kier molecular flexibility index (Phi) is 5.46. The first-order valence-electron chi connectivity index (χ1n) is 9.93. The lowest BCUT2D eigenvalue weighted by molar-refractivity contribution is 0.0730. The first-order chi connectivity index (χ1) is 15.6. The maximum absolute atomic E-state index is 13.1. The fourth-order valence-electron chi connectivity index (χ4n) is 3.52. The Morgan fingerprint density at radius 3 is 2.94 bits per heavy atom. The molecule has 1 aromatic carbocycles. The van der Waals surface area contributed by atoms with E-state index in [4.69, 9.17) is 4.74 Å². The summed E-state index contributed by atoms with van der Waals surface area (Å²) in [5, 5.41) is 12.4. The third-order valence-corrected chi connectivity index (χ3v) is 7.02. The van der Waals surface area contributed by atoms with Crippen molar-refractivity contribution >= 4 is 39.6 Å². The molecule has 8 nitrogen and oxygen atoms in total. The number of nitrogens with zero attached hydrogens (tertiary/aromatic N) is 3. The van der Waals surface area contributed by atoms with Gasteiger partial charge in [-0.25, -0.2) is 4.98 Å². The van der Waals surface area contributed by atoms with E-state index in [0.29, 0.717) is 40.9 Å². The zero-order valence-corrected chi connectivity index (χ0v) is 18.8. The number of thiazole rings is 1. The van der Waals surface area contributed by atoms with E-state index in [1.165, 1.54) is 22.7 Å². The van der Waals surface area contributed by atoms with Crippen LogP contribution < -0.4 is 10.1 Å². The van der Waals surface area contributed by atoms with E-state index < -0.39 is 0 Å². The molecule has 0 saturated heterocycles. The van der Waals surface area contributed by atoms with Crippen LogP contribution in [0.15, 0.2) is 47.8 Å². The number of rotatable bonds is 5. The van der Waals surface area contributed by atoms with Gasteiger partial charge in [-0.1, -0.05) is 29.5 Å². The summed E-state index contributed by atoms with van der Waals surface area (Å²) in [4.78, 5) is 33.3. The Balaban J connectivity index is 1.28. The van der Waals surface area contributed by atoms with Crippen LogP contribution in [0.3, 0.4) is 0 Å². The molecule has 5 rings (SSSR count). The normalized spacial score (nSPS) is 13.0. The number of carbonyl (C=O) groups is 2. The number of aromatic amines is 1. The third kappa shape index (κ3) is 4.02. The van der Waals surface area contributed by atoms with Crippen molar-refractivity contribution in [1.29, 1.82) is 0 Å². The number of hydrogen-bond donors (Lipinski definition) is 2. The number of carbonyl (C=O) groups excluding carboxylic acids is 2. The van der Waals surface area contributed by atoms with Crippen molar-refractivity contribution in [2.24, 2.45) is 0 Å². The molecule has 1 aliphatic heterocycles. The van der Waals surface area contributed by atoms with E-state index in [0.717, 1.165) is 21.9 Å². The first-order valence-corrected chi connectivity index (χ1v) is 11.6. The van der Waals surface area contributed by atoms with Gasteiger partial charge < -0.3 is 9.64 Å². The first kappa shape index (κ1) is 20.4. The minimum absolute atomic E-state index is 0.116. The summed E-state index contributed by atoms with van der Waals surface area (Å²) in [6.45, 7) is 1.01. The molecule has 0 bridgehead atoms. The minimum atomic E-state index is -0.165. The van der Waals surface area contributed by atoms with Crippen LogP contribution in [0.2, 0.25) is 0 Å². The number of aromatic nitrogens is 3. The molecule has 0 radical (unpaired) electrons. The minimum Gasteiger partial charge on any atom is -0.497 e. The molecule has 162 valence electrons. The molecular formula is C22H19N5O3S2. The van der Waals surface area contributed by atoms with E-state index in [-0.39, 0.29) is 11.8 Å². The Morgan fingerprint density at radius 2 is 2.12 bits per heavy atom. The summed E-state index contributed by atoms with van der Waals surface area (Å²) in [6.07, 6.45) is 0.642. The van der Waals surface area contributed by atoms with Gasteiger partial charge in [0, 0.05) is 23.4 Å². The summed E-state index contributed by atoms with van der Waals surface area (Å²) < 4.78 is 5.26. The molecule has 3 aromatic heterocycles. The highest BCUT2D eigenvalue weighted by Gasteiger charge is 2.26. The van der Waals surface area contributed by atoms with Gasteiger partial charge in [0.25, 0.3) is 11.8 Å². The number of fused-ring (bicyclic) bond motifs is 1. The lowest BCUT2D eigenvalue weighted by atomic mass is 10.1. The van der Waals surface area contributed by atoms with Crippen molar-refractivity contribution in [3.05, 3.63) is 69.0 Å². The lowest BCUT2D eigenvalue weighted by Gasteiger charge is -2.25. The molecule has 2 N–H and O–H groups in total. The average Bonchev–Trinajstić information content (AvgIpc) is 3.58. The van der Waals surface area contributed by atoms with Crippen LogP contribution in [0.5, 0.6) is 5.75 Å². The zero-order chi connectivity index (χ0) is 22.1. The second kappa shape index (κ2) is 8.56. The summed E-state index contributed by atoms with van der Waals surface area (Å²) in [5.41, 5.74) is 2.92. The van der Waals surface area contributed by atoms with Gasteiger partial charge >= 0.3 is 0 Å². The molecule has 0 atom stereocenters. The number of benzene rings is 1. The number of thiophene rings is 1. The molecule has 10 heteroatoms. The SMILES string of the molecule is COc1cccc(-c2cc(C(=O)N3CCc4nc(NC(=O)c5cccs5)sc4C3)[nH]n2)c1. The van der Waals surface area contributed by atoms with Gasteiger partial charge in [-0.3, -0.25) is 20.0 Å². The number of anilines is 1. The van der Waals surface area contributed by atoms with Crippen molar-refractivity contribution in [2.45, 2.75) is 13.0 Å². The smallest absolute Gasteiger partial charge is 0.272 e. The summed E-state index contributed by atoms with van der Waals surface area (Å²) in [7, 11) is 1.61. The van der Waals surface area contributed by atoms with Crippen LogP contribution >= 0.6 is 22.7 Å². The number of amides is 2. The van der Waals surface area contributed by atoms with Gasteiger partial charge in [0.2, 0.25) is 0 Å². The Labute approximate surface area is 191 Å². The van der Waals surface area contributed by atoms with Crippen molar-refractivity contribution < 1.29 is 14.3 Å². The van der Waals surface area contributed by atoms with E-state index >= 15 is 0 Å². The highest BCUT2D eigenvalue weighted by Crippen LogP contribution is 2.30. The molecule has 32 heavy (non-hydrogen) atoms. The number of ether oxygens (including phenoxy) is 1. The molecule has 0 spiro atoms. The van der Waals surface area contributed by atoms with Gasteiger partial charge in [0.1, 0.15) is 11.4 Å². The Morgan fingerprint density at radius 1 is 1.22 bits per heavy atom. The monoisotopic (exact) mass is 465 g/mol. The van der Waals surface area contributed by atoms with E-state index in [1.54, 1.807) is 24.1 Å². The van der Waals surface area contributed by atoms with Gasteiger partial charge in [0.15, 0.2) is 5.13 Å². The Bertz CT molecular complexity index is 1280. The molecule has 0 unspecified atom stereocenters. The van der Waals surface area contributed by atoms with E-state index in [1.807, 2.05) is 35.7 Å². The van der Waals surface area contributed by atoms with Gasteiger partial charge in [0.05, 0.1) is 29.9 Å². The quantitative estimate of drug-likeness (QED) is 0.463. The fourth-order valence-corrected chi connectivity index (χ4v) is 5.16. The standard InChI is InChI=1S/C22H19N5O3S2/c1-30-14-5-2-4-13(10-14)16-11-17(26-25-16)21(29)27-8-7-15-19(12-27)32-22(23-15)24-20(28)18-6-3-9-31-18/h2-6,9-11H,7-8,12H2,1H3,(H,25,26)(H,23,24,28).